The average molecular weight is 361 g/mol. The number of carbonyl (C=O) groups excluding carboxylic acids is 2. The molecule has 1 aliphatic rings. The standard InChI is InChI=1S/C17H19N3O4S/c1-23-12-8-11(9-13(10-12)24-2)16(22)20-6-3-4-14(20)15(21)19-17-18-5-7-25-17/h5,7-10,14H,3-4,6H2,1-2H3,(H,18,19,21). The van der Waals surface area contributed by atoms with Crippen LogP contribution in [0, 0.1) is 0 Å². The highest BCUT2D eigenvalue weighted by Gasteiger charge is 2.35. The Balaban J connectivity index is 1.79. The molecule has 2 amide bonds. The maximum Gasteiger partial charge on any atom is 0.254 e. The Kier molecular flexibility index (Phi) is 5.18. The van der Waals surface area contributed by atoms with Crippen molar-refractivity contribution in [2.24, 2.45) is 0 Å². The van der Waals surface area contributed by atoms with Gasteiger partial charge in [0.15, 0.2) is 5.13 Å². The van der Waals surface area contributed by atoms with Crippen molar-refractivity contribution in [2.75, 3.05) is 26.1 Å². The second-order valence-electron chi connectivity index (χ2n) is 5.58. The van der Waals surface area contributed by atoms with Crippen LogP contribution in [0.15, 0.2) is 29.8 Å². The summed E-state index contributed by atoms with van der Waals surface area (Å²) in [5, 5.41) is 5.09. The number of nitrogens with zero attached hydrogens (tertiary/aromatic N) is 2. The second-order valence-corrected chi connectivity index (χ2v) is 6.48. The van der Waals surface area contributed by atoms with Gasteiger partial charge in [-0.1, -0.05) is 0 Å². The molecule has 2 aromatic rings. The minimum Gasteiger partial charge on any atom is -0.497 e. The molecule has 1 N–H and O–H groups in total. The van der Waals surface area contributed by atoms with Gasteiger partial charge >= 0.3 is 0 Å². The van der Waals surface area contributed by atoms with Crippen LogP contribution in [0.5, 0.6) is 11.5 Å². The monoisotopic (exact) mass is 361 g/mol. The van der Waals surface area contributed by atoms with Crippen LogP contribution >= 0.6 is 11.3 Å². The van der Waals surface area contributed by atoms with Crippen molar-refractivity contribution < 1.29 is 19.1 Å². The van der Waals surface area contributed by atoms with Gasteiger partial charge in [-0.25, -0.2) is 4.98 Å². The molecule has 1 aromatic heterocycles. The van der Waals surface area contributed by atoms with Crippen molar-refractivity contribution in [2.45, 2.75) is 18.9 Å². The number of carbonyl (C=O) groups is 2. The Morgan fingerprint density at radius 2 is 1.96 bits per heavy atom. The van der Waals surface area contributed by atoms with E-state index in [-0.39, 0.29) is 11.8 Å². The number of benzene rings is 1. The molecular weight excluding hydrogens is 342 g/mol. The number of anilines is 1. The number of ether oxygens (including phenoxy) is 2. The number of rotatable bonds is 5. The molecule has 7 nitrogen and oxygen atoms in total. The lowest BCUT2D eigenvalue weighted by molar-refractivity contribution is -0.119. The molecule has 0 spiro atoms. The summed E-state index contributed by atoms with van der Waals surface area (Å²) in [5.41, 5.74) is 0.435. The van der Waals surface area contributed by atoms with Gasteiger partial charge < -0.3 is 19.7 Å². The molecule has 25 heavy (non-hydrogen) atoms. The summed E-state index contributed by atoms with van der Waals surface area (Å²) in [4.78, 5) is 31.1. The Morgan fingerprint density at radius 1 is 1.24 bits per heavy atom. The number of aromatic nitrogens is 1. The third kappa shape index (κ3) is 3.74. The molecule has 0 bridgehead atoms. The summed E-state index contributed by atoms with van der Waals surface area (Å²) in [6.07, 6.45) is 3.03. The average Bonchev–Trinajstić information content (AvgIpc) is 3.32. The summed E-state index contributed by atoms with van der Waals surface area (Å²) in [7, 11) is 3.06. The Labute approximate surface area is 149 Å². The van der Waals surface area contributed by atoms with E-state index in [4.69, 9.17) is 9.47 Å². The van der Waals surface area contributed by atoms with Crippen LogP contribution in [-0.4, -0.2) is 48.5 Å². The van der Waals surface area contributed by atoms with Crippen molar-refractivity contribution in [1.29, 1.82) is 0 Å². The van der Waals surface area contributed by atoms with Gasteiger partial charge in [-0.2, -0.15) is 0 Å². The molecule has 0 radical (unpaired) electrons. The highest BCUT2D eigenvalue weighted by atomic mass is 32.1. The maximum atomic E-state index is 12.9. The smallest absolute Gasteiger partial charge is 0.254 e. The molecule has 1 saturated heterocycles. The molecule has 3 rings (SSSR count). The van der Waals surface area contributed by atoms with E-state index < -0.39 is 6.04 Å². The molecule has 0 aliphatic carbocycles. The highest BCUT2D eigenvalue weighted by molar-refractivity contribution is 7.13. The summed E-state index contributed by atoms with van der Waals surface area (Å²) in [6.45, 7) is 0.536. The van der Waals surface area contributed by atoms with Crippen molar-refractivity contribution in [3.8, 4) is 11.5 Å². The second kappa shape index (κ2) is 7.52. The Hall–Kier alpha value is -2.61. The lowest BCUT2D eigenvalue weighted by Crippen LogP contribution is -2.43. The van der Waals surface area contributed by atoms with Gasteiger partial charge in [-0.15, -0.1) is 11.3 Å². The third-order valence-electron chi connectivity index (χ3n) is 4.08. The molecule has 0 saturated carbocycles. The molecule has 1 aromatic carbocycles. The van der Waals surface area contributed by atoms with Gasteiger partial charge in [0.1, 0.15) is 17.5 Å². The van der Waals surface area contributed by atoms with Crippen molar-refractivity contribution in [3.63, 3.8) is 0 Å². The third-order valence-corrected chi connectivity index (χ3v) is 4.77. The summed E-state index contributed by atoms with van der Waals surface area (Å²) in [6, 6.07) is 4.50. The van der Waals surface area contributed by atoms with Crippen LogP contribution in [0.1, 0.15) is 23.2 Å². The zero-order chi connectivity index (χ0) is 17.8. The van der Waals surface area contributed by atoms with Crippen LogP contribution in [0.4, 0.5) is 5.13 Å². The topological polar surface area (TPSA) is 80.8 Å². The van der Waals surface area contributed by atoms with E-state index in [1.54, 1.807) is 34.7 Å². The molecule has 132 valence electrons. The van der Waals surface area contributed by atoms with Crippen molar-refractivity contribution in [1.82, 2.24) is 9.88 Å². The molecule has 1 unspecified atom stereocenters. The van der Waals surface area contributed by atoms with E-state index in [2.05, 4.69) is 10.3 Å². The normalized spacial score (nSPS) is 16.6. The van der Waals surface area contributed by atoms with Crippen LogP contribution in [0.3, 0.4) is 0 Å². The van der Waals surface area contributed by atoms with Gasteiger partial charge in [-0.3, -0.25) is 9.59 Å². The van der Waals surface area contributed by atoms with E-state index in [0.717, 1.165) is 6.42 Å². The van der Waals surface area contributed by atoms with E-state index >= 15 is 0 Å². The van der Waals surface area contributed by atoms with Crippen LogP contribution in [-0.2, 0) is 4.79 Å². The SMILES string of the molecule is COc1cc(OC)cc(C(=O)N2CCCC2C(=O)Nc2nccs2)c1. The number of amides is 2. The number of thiazole rings is 1. The van der Waals surface area contributed by atoms with E-state index in [1.165, 1.54) is 25.6 Å². The number of methoxy groups -OCH3 is 2. The van der Waals surface area contributed by atoms with Crippen LogP contribution in [0.2, 0.25) is 0 Å². The number of hydrogen-bond acceptors (Lipinski definition) is 6. The van der Waals surface area contributed by atoms with Gasteiger partial charge in [0, 0.05) is 29.8 Å². The van der Waals surface area contributed by atoms with Crippen LogP contribution < -0.4 is 14.8 Å². The number of likely N-dealkylation sites (tertiary alicyclic amines) is 1. The first-order valence-corrected chi connectivity index (χ1v) is 8.74. The van der Waals surface area contributed by atoms with Crippen molar-refractivity contribution >= 4 is 28.3 Å². The summed E-state index contributed by atoms with van der Waals surface area (Å²) < 4.78 is 10.4. The molecule has 8 heteroatoms. The fourth-order valence-electron chi connectivity index (χ4n) is 2.85. The predicted molar refractivity (Wildman–Crippen MR) is 94.3 cm³/mol. The molecule has 2 heterocycles. The molecule has 1 aliphatic heterocycles. The largest absolute Gasteiger partial charge is 0.497 e. The van der Waals surface area contributed by atoms with E-state index in [9.17, 15) is 9.59 Å². The minimum absolute atomic E-state index is 0.212. The predicted octanol–water partition coefficient (Wildman–Crippen LogP) is 2.40. The van der Waals surface area contributed by atoms with Gasteiger partial charge in [0.05, 0.1) is 14.2 Å². The quantitative estimate of drug-likeness (QED) is 0.884. The minimum atomic E-state index is -0.506. The maximum absolute atomic E-state index is 12.9. The first kappa shape index (κ1) is 17.2. The highest BCUT2D eigenvalue weighted by Crippen LogP contribution is 2.27. The van der Waals surface area contributed by atoms with Gasteiger partial charge in [0.2, 0.25) is 5.91 Å². The molecule has 1 atom stereocenters. The van der Waals surface area contributed by atoms with Gasteiger partial charge in [-0.05, 0) is 25.0 Å². The zero-order valence-corrected chi connectivity index (χ0v) is 14.8. The van der Waals surface area contributed by atoms with E-state index in [0.29, 0.717) is 35.2 Å². The lowest BCUT2D eigenvalue weighted by atomic mass is 10.1. The molecule has 1 fully saturated rings. The molecular formula is C17H19N3O4S. The fourth-order valence-corrected chi connectivity index (χ4v) is 3.38. The summed E-state index contributed by atoms with van der Waals surface area (Å²) >= 11 is 1.35. The summed E-state index contributed by atoms with van der Waals surface area (Å²) in [5.74, 6) is 0.640. The first-order chi connectivity index (χ1) is 12.1. The Bertz CT molecular complexity index is 741. The van der Waals surface area contributed by atoms with E-state index in [1.807, 2.05) is 0 Å². The Morgan fingerprint density at radius 3 is 2.56 bits per heavy atom. The van der Waals surface area contributed by atoms with Crippen molar-refractivity contribution in [3.05, 3.63) is 35.3 Å². The lowest BCUT2D eigenvalue weighted by Gasteiger charge is -2.24. The number of hydrogen-bond donors (Lipinski definition) is 1. The van der Waals surface area contributed by atoms with Crippen LogP contribution in [0.25, 0.3) is 0 Å². The van der Waals surface area contributed by atoms with Gasteiger partial charge in [0.25, 0.3) is 5.91 Å². The number of nitrogens with one attached hydrogen (secondary N) is 1. The fraction of sp³-hybridized carbons (Fsp3) is 0.353. The first-order valence-electron chi connectivity index (χ1n) is 7.86. The zero-order valence-electron chi connectivity index (χ0n) is 14.0.